The van der Waals surface area contributed by atoms with Crippen LogP contribution in [0.4, 0.5) is 20.6 Å². The SMILES string of the molecule is CC(C(=O)Nc1cccc(F)c1)N1CCN(C(=O)Nc2cccc(COCC3CCCCO3)c2)CC1. The number of piperazine rings is 1. The Labute approximate surface area is 211 Å². The molecule has 2 fully saturated rings. The molecular weight excluding hydrogens is 463 g/mol. The number of anilines is 2. The zero-order chi connectivity index (χ0) is 25.3. The lowest BCUT2D eigenvalue weighted by Crippen LogP contribution is -2.54. The Hall–Kier alpha value is -3.01. The number of nitrogens with one attached hydrogen (secondary N) is 2. The first-order valence-corrected chi connectivity index (χ1v) is 12.6. The molecule has 2 aromatic rings. The fourth-order valence-corrected chi connectivity index (χ4v) is 4.48. The van der Waals surface area contributed by atoms with Crippen molar-refractivity contribution in [2.24, 2.45) is 0 Å². The summed E-state index contributed by atoms with van der Waals surface area (Å²) in [6.45, 7) is 5.84. The van der Waals surface area contributed by atoms with Crippen LogP contribution in [-0.2, 0) is 20.9 Å². The van der Waals surface area contributed by atoms with Crippen LogP contribution in [-0.4, -0.2) is 73.3 Å². The van der Waals surface area contributed by atoms with Crippen molar-refractivity contribution < 1.29 is 23.5 Å². The predicted octanol–water partition coefficient (Wildman–Crippen LogP) is 4.09. The molecule has 2 N–H and O–H groups in total. The maximum Gasteiger partial charge on any atom is 0.321 e. The molecule has 0 bridgehead atoms. The maximum absolute atomic E-state index is 13.4. The van der Waals surface area contributed by atoms with Crippen LogP contribution < -0.4 is 10.6 Å². The summed E-state index contributed by atoms with van der Waals surface area (Å²) in [4.78, 5) is 29.2. The minimum absolute atomic E-state index is 0.166. The molecule has 9 heteroatoms. The lowest BCUT2D eigenvalue weighted by molar-refractivity contribution is -0.121. The monoisotopic (exact) mass is 498 g/mol. The van der Waals surface area contributed by atoms with E-state index in [1.165, 1.54) is 18.6 Å². The Balaban J connectivity index is 1.20. The smallest absolute Gasteiger partial charge is 0.321 e. The van der Waals surface area contributed by atoms with E-state index >= 15 is 0 Å². The second-order valence-electron chi connectivity index (χ2n) is 9.33. The highest BCUT2D eigenvalue weighted by Crippen LogP contribution is 2.17. The van der Waals surface area contributed by atoms with Crippen LogP contribution in [0.1, 0.15) is 31.7 Å². The standard InChI is InChI=1S/C27H35FN4O4/c1-20(26(33)29-24-9-5-7-22(28)17-24)31-11-13-32(14-12-31)27(34)30-23-8-4-6-21(16-23)18-35-19-25-10-2-3-15-36-25/h4-9,16-17,20,25H,2-3,10-15,18-19H2,1H3,(H,29,33)(H,30,34). The number of hydrogen-bond acceptors (Lipinski definition) is 5. The molecule has 36 heavy (non-hydrogen) atoms. The Kier molecular flexibility index (Phi) is 9.27. The van der Waals surface area contributed by atoms with Crippen molar-refractivity contribution in [3.63, 3.8) is 0 Å². The van der Waals surface area contributed by atoms with E-state index in [1.807, 2.05) is 36.1 Å². The average Bonchev–Trinajstić information content (AvgIpc) is 2.89. The lowest BCUT2D eigenvalue weighted by Gasteiger charge is -2.37. The van der Waals surface area contributed by atoms with Gasteiger partial charge in [0.25, 0.3) is 0 Å². The van der Waals surface area contributed by atoms with E-state index in [1.54, 1.807) is 17.0 Å². The second-order valence-corrected chi connectivity index (χ2v) is 9.33. The van der Waals surface area contributed by atoms with Crippen molar-refractivity contribution >= 4 is 23.3 Å². The third kappa shape index (κ3) is 7.49. The molecular formula is C27H35FN4O4. The number of urea groups is 1. The Morgan fingerprint density at radius 2 is 1.81 bits per heavy atom. The molecule has 0 saturated carbocycles. The molecule has 2 aromatic carbocycles. The summed E-state index contributed by atoms with van der Waals surface area (Å²) in [5.74, 6) is -0.597. The molecule has 0 aliphatic carbocycles. The Morgan fingerprint density at radius 3 is 2.53 bits per heavy atom. The molecule has 2 unspecified atom stereocenters. The molecule has 2 atom stereocenters. The molecule has 4 rings (SSSR count). The number of rotatable bonds is 8. The number of nitrogens with zero attached hydrogens (tertiary/aromatic N) is 2. The summed E-state index contributed by atoms with van der Waals surface area (Å²) >= 11 is 0. The van der Waals surface area contributed by atoms with E-state index in [9.17, 15) is 14.0 Å². The van der Waals surface area contributed by atoms with E-state index < -0.39 is 11.9 Å². The van der Waals surface area contributed by atoms with E-state index in [-0.39, 0.29) is 18.0 Å². The van der Waals surface area contributed by atoms with Crippen LogP contribution in [0, 0.1) is 5.82 Å². The maximum atomic E-state index is 13.4. The third-order valence-corrected chi connectivity index (χ3v) is 6.65. The quantitative estimate of drug-likeness (QED) is 0.573. The van der Waals surface area contributed by atoms with Gasteiger partial charge in [-0.1, -0.05) is 18.2 Å². The van der Waals surface area contributed by atoms with Crippen LogP contribution in [0.25, 0.3) is 0 Å². The van der Waals surface area contributed by atoms with Crippen LogP contribution in [0.5, 0.6) is 0 Å². The molecule has 0 aromatic heterocycles. The minimum Gasteiger partial charge on any atom is -0.376 e. The Morgan fingerprint density at radius 1 is 1.06 bits per heavy atom. The van der Waals surface area contributed by atoms with Gasteiger partial charge in [0, 0.05) is 44.2 Å². The molecule has 2 aliphatic rings. The molecule has 3 amide bonds. The van der Waals surface area contributed by atoms with Crippen molar-refractivity contribution in [1.82, 2.24) is 9.80 Å². The number of halogens is 1. The lowest BCUT2D eigenvalue weighted by atomic mass is 10.1. The van der Waals surface area contributed by atoms with Crippen LogP contribution in [0.2, 0.25) is 0 Å². The third-order valence-electron chi connectivity index (χ3n) is 6.65. The number of ether oxygens (including phenoxy) is 2. The highest BCUT2D eigenvalue weighted by molar-refractivity contribution is 5.94. The van der Waals surface area contributed by atoms with Gasteiger partial charge in [0.2, 0.25) is 5.91 Å². The van der Waals surface area contributed by atoms with E-state index in [0.29, 0.717) is 45.1 Å². The molecule has 2 heterocycles. The van der Waals surface area contributed by atoms with Crippen LogP contribution in [0.3, 0.4) is 0 Å². The first-order valence-electron chi connectivity index (χ1n) is 12.6. The average molecular weight is 499 g/mol. The number of carbonyl (C=O) groups excluding carboxylic acids is 2. The normalized spacial score (nSPS) is 19.5. The topological polar surface area (TPSA) is 83.1 Å². The van der Waals surface area contributed by atoms with E-state index in [2.05, 4.69) is 10.6 Å². The summed E-state index contributed by atoms with van der Waals surface area (Å²) in [5.41, 5.74) is 2.15. The van der Waals surface area contributed by atoms with Gasteiger partial charge in [-0.15, -0.1) is 0 Å². The van der Waals surface area contributed by atoms with E-state index in [0.717, 1.165) is 30.7 Å². The molecule has 2 aliphatic heterocycles. The fourth-order valence-electron chi connectivity index (χ4n) is 4.48. The van der Waals surface area contributed by atoms with Crippen molar-refractivity contribution in [2.75, 3.05) is 50.0 Å². The number of hydrogen-bond donors (Lipinski definition) is 2. The molecule has 0 radical (unpaired) electrons. The van der Waals surface area contributed by atoms with Gasteiger partial charge in [-0.3, -0.25) is 9.69 Å². The van der Waals surface area contributed by atoms with Gasteiger partial charge in [-0.2, -0.15) is 0 Å². The zero-order valence-electron chi connectivity index (χ0n) is 20.7. The van der Waals surface area contributed by atoms with Gasteiger partial charge < -0.3 is 25.0 Å². The van der Waals surface area contributed by atoms with E-state index in [4.69, 9.17) is 9.47 Å². The van der Waals surface area contributed by atoms with Crippen LogP contribution in [0.15, 0.2) is 48.5 Å². The predicted molar refractivity (Wildman–Crippen MR) is 136 cm³/mol. The fraction of sp³-hybridized carbons (Fsp3) is 0.481. The van der Waals surface area contributed by atoms with Crippen molar-refractivity contribution in [1.29, 1.82) is 0 Å². The van der Waals surface area contributed by atoms with Gasteiger partial charge in [0.05, 0.1) is 25.4 Å². The summed E-state index contributed by atoms with van der Waals surface area (Å²) in [5, 5.41) is 5.72. The summed E-state index contributed by atoms with van der Waals surface area (Å²) in [7, 11) is 0. The minimum atomic E-state index is -0.396. The zero-order valence-corrected chi connectivity index (χ0v) is 20.7. The molecule has 194 valence electrons. The van der Waals surface area contributed by atoms with Crippen molar-refractivity contribution in [2.45, 2.75) is 44.9 Å². The molecule has 8 nitrogen and oxygen atoms in total. The van der Waals surface area contributed by atoms with Crippen LogP contribution >= 0.6 is 0 Å². The number of amides is 3. The largest absolute Gasteiger partial charge is 0.376 e. The summed E-state index contributed by atoms with van der Waals surface area (Å²) < 4.78 is 24.9. The van der Waals surface area contributed by atoms with Gasteiger partial charge in [-0.25, -0.2) is 9.18 Å². The first kappa shape index (κ1) is 26.1. The highest BCUT2D eigenvalue weighted by Gasteiger charge is 2.27. The number of benzene rings is 2. The summed E-state index contributed by atoms with van der Waals surface area (Å²) in [6, 6.07) is 12.9. The van der Waals surface area contributed by atoms with Crippen molar-refractivity contribution in [3.05, 3.63) is 59.9 Å². The van der Waals surface area contributed by atoms with Gasteiger partial charge in [0.1, 0.15) is 5.82 Å². The first-order chi connectivity index (χ1) is 17.5. The van der Waals surface area contributed by atoms with Gasteiger partial charge >= 0.3 is 6.03 Å². The van der Waals surface area contributed by atoms with Crippen molar-refractivity contribution in [3.8, 4) is 0 Å². The Bertz CT molecular complexity index is 1020. The summed E-state index contributed by atoms with van der Waals surface area (Å²) in [6.07, 6.45) is 3.53. The second kappa shape index (κ2) is 12.8. The highest BCUT2D eigenvalue weighted by atomic mass is 19.1. The van der Waals surface area contributed by atoms with Gasteiger partial charge in [0.15, 0.2) is 0 Å². The molecule has 0 spiro atoms. The number of carbonyl (C=O) groups is 2. The van der Waals surface area contributed by atoms with Gasteiger partial charge in [-0.05, 0) is 62.1 Å². The molecule has 2 saturated heterocycles.